The Morgan fingerprint density at radius 2 is 1.60 bits per heavy atom. The first-order chi connectivity index (χ1) is 2.41. The Hall–Kier alpha value is 0.895. The van der Waals surface area contributed by atoms with Crippen LogP contribution in [0.5, 0.6) is 0 Å². The van der Waals surface area contributed by atoms with Crippen molar-refractivity contribution in [1.29, 1.82) is 0 Å². The van der Waals surface area contributed by atoms with Crippen molar-refractivity contribution < 1.29 is 31.2 Å². The maximum atomic E-state index is 7.00. The third kappa shape index (κ3) is 51.2. The zero-order valence-electron chi connectivity index (χ0n) is 3.86. The van der Waals surface area contributed by atoms with E-state index >= 15 is 0 Å². The molecular formula is C3H9HgO. The van der Waals surface area contributed by atoms with Crippen LogP contribution in [0.4, 0.5) is 0 Å². The van der Waals surface area contributed by atoms with Crippen LogP contribution in [0.2, 0.25) is 3.93 Å². The van der Waals surface area contributed by atoms with E-state index in [0.717, 1.165) is 33.2 Å². The third-order valence-corrected chi connectivity index (χ3v) is 0. The molecule has 0 radical (unpaired) electrons. The summed E-state index contributed by atoms with van der Waals surface area (Å²) in [6.45, 7) is 2.21. The molecule has 0 bridgehead atoms. The molecule has 0 saturated carbocycles. The van der Waals surface area contributed by atoms with Gasteiger partial charge in [0.1, 0.15) is 0 Å². The summed E-state index contributed by atoms with van der Waals surface area (Å²) in [5.41, 5.74) is 0. The van der Waals surface area contributed by atoms with Crippen molar-refractivity contribution in [1.82, 2.24) is 0 Å². The van der Waals surface area contributed by atoms with Gasteiger partial charge in [-0.1, -0.05) is 0 Å². The summed E-state index contributed by atoms with van der Waals surface area (Å²) in [6, 6.07) is 0. The number of aliphatic hydroxyl groups excluding tert-OH is 1. The van der Waals surface area contributed by atoms with Gasteiger partial charge in [0.15, 0.2) is 0 Å². The van der Waals surface area contributed by atoms with Crippen molar-refractivity contribution in [3.05, 3.63) is 0 Å². The monoisotopic (exact) mass is 263 g/mol. The van der Waals surface area contributed by atoms with Gasteiger partial charge in [0.25, 0.3) is 0 Å². The number of rotatable bonds is 0. The Morgan fingerprint density at radius 3 is 1.60 bits per heavy atom. The van der Waals surface area contributed by atoms with E-state index in [0.29, 0.717) is 0 Å². The van der Waals surface area contributed by atoms with Crippen molar-refractivity contribution in [3.63, 3.8) is 0 Å². The normalized spacial score (nSPS) is 5.00. The minimum absolute atomic E-state index is 1.00. The molecule has 0 aliphatic rings. The molecule has 2 heteroatoms. The molecule has 0 fully saturated rings. The average Bonchev–Trinajstić information content (AvgIpc) is 1.46. The first kappa shape index (κ1) is 9.31. The van der Waals surface area contributed by atoms with E-state index in [4.69, 9.17) is 5.11 Å². The van der Waals surface area contributed by atoms with Gasteiger partial charge in [-0.25, -0.2) is 0 Å². The molecular weight excluding hydrogens is 253 g/mol. The molecule has 0 aliphatic heterocycles. The number of hydrogen-bond acceptors (Lipinski definition) is 1. The maximum absolute atomic E-state index is 7.00. The van der Waals surface area contributed by atoms with Crippen LogP contribution in [0, 0.1) is 0 Å². The first-order valence-electron chi connectivity index (χ1n) is 1.65. The summed E-state index contributed by atoms with van der Waals surface area (Å²) in [5, 5.41) is 7.00. The van der Waals surface area contributed by atoms with Crippen LogP contribution in [0.3, 0.4) is 0 Å². The van der Waals surface area contributed by atoms with Crippen molar-refractivity contribution in [3.8, 4) is 0 Å². The Labute approximate surface area is 49.4 Å². The molecule has 0 unspecified atom stereocenters. The second-order valence-electron chi connectivity index (χ2n) is 0.500. The molecule has 0 heterocycles. The predicted molar refractivity (Wildman–Crippen MR) is 18.6 cm³/mol. The third-order valence-electron chi connectivity index (χ3n) is 0. The molecule has 0 aromatic rings. The van der Waals surface area contributed by atoms with E-state index in [1.807, 2.05) is 0 Å². The molecule has 29 valence electrons. The quantitative estimate of drug-likeness (QED) is 0.633. The molecule has 1 nitrogen and oxygen atoms in total. The number of aliphatic hydroxyl groups is 1. The van der Waals surface area contributed by atoms with E-state index in [9.17, 15) is 0 Å². The van der Waals surface area contributed by atoms with Crippen molar-refractivity contribution in [2.45, 2.75) is 10.9 Å². The molecule has 0 aliphatic carbocycles. The molecule has 0 rings (SSSR count). The topological polar surface area (TPSA) is 20.2 Å². The van der Waals surface area contributed by atoms with E-state index in [2.05, 4.69) is 6.92 Å². The van der Waals surface area contributed by atoms with E-state index in [1.54, 1.807) is 0 Å². The second kappa shape index (κ2) is 20.7. The molecule has 5 heavy (non-hydrogen) atoms. The average molecular weight is 262 g/mol. The van der Waals surface area contributed by atoms with E-state index < -0.39 is 0 Å². The summed E-state index contributed by atoms with van der Waals surface area (Å²) in [7, 11) is 1.00. The van der Waals surface area contributed by atoms with Gasteiger partial charge in [0.2, 0.25) is 0 Å². The van der Waals surface area contributed by atoms with Crippen LogP contribution in [-0.4, -0.2) is 12.2 Å². The van der Waals surface area contributed by atoms with E-state index in [-0.39, 0.29) is 0 Å². The Kier molecular flexibility index (Phi) is 38.5. The van der Waals surface area contributed by atoms with Crippen LogP contribution in [0.15, 0.2) is 0 Å². The minimum atomic E-state index is 1.00. The fraction of sp³-hybridized carbons (Fsp3) is 1.00. The molecule has 1 N–H and O–H groups in total. The van der Waals surface area contributed by atoms with Crippen molar-refractivity contribution in [2.75, 3.05) is 7.11 Å². The van der Waals surface area contributed by atoms with Crippen LogP contribution in [0.1, 0.15) is 6.92 Å². The predicted octanol–water partition coefficient (Wildman–Crippen LogP) is 0.580. The second-order valence-corrected chi connectivity index (χ2v) is 4.39. The van der Waals surface area contributed by atoms with Crippen LogP contribution in [0.25, 0.3) is 0 Å². The summed E-state index contributed by atoms with van der Waals surface area (Å²) in [6.07, 6.45) is 0. The van der Waals surface area contributed by atoms with E-state index in [1.165, 1.54) is 3.93 Å². The molecule has 0 atom stereocenters. The van der Waals surface area contributed by atoms with Gasteiger partial charge >= 0.3 is 37.0 Å². The van der Waals surface area contributed by atoms with Gasteiger partial charge in [0, 0.05) is 7.11 Å². The first-order valence-corrected chi connectivity index (χ1v) is 5.54. The van der Waals surface area contributed by atoms with Crippen molar-refractivity contribution >= 4 is 0 Å². The van der Waals surface area contributed by atoms with Crippen LogP contribution in [-0.2, 0) is 26.1 Å². The van der Waals surface area contributed by atoms with Gasteiger partial charge in [-0.2, -0.15) is 0 Å². The molecule has 0 saturated heterocycles. The van der Waals surface area contributed by atoms with Gasteiger partial charge in [0.05, 0.1) is 0 Å². The van der Waals surface area contributed by atoms with Gasteiger partial charge < -0.3 is 5.11 Å². The Morgan fingerprint density at radius 1 is 1.60 bits per heavy atom. The van der Waals surface area contributed by atoms with Crippen molar-refractivity contribution in [2.24, 2.45) is 0 Å². The summed E-state index contributed by atoms with van der Waals surface area (Å²) >= 11 is 1.07. The zero-order valence-corrected chi connectivity index (χ0v) is 9.36. The molecule has 0 spiro atoms. The number of hydrogen-bond donors (Lipinski definition) is 1. The fourth-order valence-electron chi connectivity index (χ4n) is 0. The Bertz CT molecular complexity index is 6.85. The van der Waals surface area contributed by atoms with Crippen LogP contribution < -0.4 is 0 Å². The summed E-state index contributed by atoms with van der Waals surface area (Å²) in [4.78, 5) is 0. The summed E-state index contributed by atoms with van der Waals surface area (Å²) < 4.78 is 1.44. The SMILES string of the molecule is CO.C[CH2][Hg]. The molecule has 0 amide bonds. The van der Waals surface area contributed by atoms with Gasteiger partial charge in [-0.3, -0.25) is 0 Å². The van der Waals surface area contributed by atoms with Crippen LogP contribution >= 0.6 is 0 Å². The standard InChI is InChI=1S/C2H5.CH4O.Hg/c2*1-2;/h1H2,2H3;2H,1H3;. The summed E-state index contributed by atoms with van der Waals surface area (Å²) in [5.74, 6) is 0. The zero-order chi connectivity index (χ0) is 4.71. The van der Waals surface area contributed by atoms with Gasteiger partial charge in [-0.05, 0) is 0 Å². The molecule has 0 aromatic heterocycles. The van der Waals surface area contributed by atoms with Gasteiger partial charge in [-0.15, -0.1) is 0 Å². The molecule has 0 aromatic carbocycles. The Balaban J connectivity index is 0. The fourth-order valence-corrected chi connectivity index (χ4v) is 0.